The molecule has 11 heteroatoms. The Kier molecular flexibility index (Phi) is 6.11. The first-order chi connectivity index (χ1) is 16.9. The normalized spacial score (nSPS) is 15.1. The van der Waals surface area contributed by atoms with Crippen molar-refractivity contribution in [3.8, 4) is 17.8 Å². The lowest BCUT2D eigenvalue weighted by Crippen LogP contribution is -2.38. The second-order valence-corrected chi connectivity index (χ2v) is 8.80. The molecule has 0 bridgehead atoms. The zero-order valence-electron chi connectivity index (χ0n) is 18.7. The molecule has 5 rings (SSSR count). The first kappa shape index (κ1) is 22.8. The van der Waals surface area contributed by atoms with Gasteiger partial charge in [0.1, 0.15) is 11.8 Å². The van der Waals surface area contributed by atoms with Gasteiger partial charge in [-0.1, -0.05) is 11.6 Å². The monoisotopic (exact) mass is 492 g/mol. The number of halogens is 1. The van der Waals surface area contributed by atoms with Gasteiger partial charge >= 0.3 is 0 Å². The maximum Gasteiger partial charge on any atom is 0.274 e. The van der Waals surface area contributed by atoms with E-state index >= 15 is 0 Å². The van der Waals surface area contributed by atoms with Crippen LogP contribution in [0.15, 0.2) is 36.5 Å². The fraction of sp³-hybridized carbons (Fsp3) is 0.292. The zero-order chi connectivity index (χ0) is 24.5. The second kappa shape index (κ2) is 9.37. The molecular formula is C24H21ClN6O4. The Bertz CT molecular complexity index is 1360. The van der Waals surface area contributed by atoms with Gasteiger partial charge in [0, 0.05) is 18.3 Å². The molecule has 1 saturated carbocycles. The minimum atomic E-state index is -0.549. The van der Waals surface area contributed by atoms with Crippen molar-refractivity contribution in [2.45, 2.75) is 31.9 Å². The number of aromatic nitrogens is 3. The van der Waals surface area contributed by atoms with Gasteiger partial charge < -0.3 is 20.1 Å². The number of carbonyl (C=O) groups is 2. The van der Waals surface area contributed by atoms with E-state index in [0.29, 0.717) is 35.1 Å². The number of aryl methyl sites for hydroxylation is 1. The number of ether oxygens (including phenoxy) is 2. The standard InChI is InChI=1S/C24H21ClN6O4/c1-13-7-14(10-26)8-17(23(32)28-15-4-5-15)21(13)29-24(33)19-9-20(35-16-11-34-12-16)30-31(19)22-18(25)3-2-6-27-22/h2-3,6-9,15-16H,4-5,11-12H2,1H3,(H,28,32)(H,29,33). The maximum absolute atomic E-state index is 13.5. The molecule has 1 saturated heterocycles. The number of benzene rings is 1. The van der Waals surface area contributed by atoms with Crippen molar-refractivity contribution >= 4 is 29.1 Å². The first-order valence-corrected chi connectivity index (χ1v) is 11.4. The lowest BCUT2D eigenvalue weighted by atomic mass is 10.0. The molecule has 0 spiro atoms. The van der Waals surface area contributed by atoms with Gasteiger partial charge in [-0.25, -0.2) is 9.67 Å². The van der Waals surface area contributed by atoms with Crippen LogP contribution in [0.3, 0.4) is 0 Å². The summed E-state index contributed by atoms with van der Waals surface area (Å²) in [6.45, 7) is 2.59. The summed E-state index contributed by atoms with van der Waals surface area (Å²) in [7, 11) is 0. The van der Waals surface area contributed by atoms with E-state index < -0.39 is 5.91 Å². The molecule has 3 heterocycles. The van der Waals surface area contributed by atoms with E-state index in [1.165, 1.54) is 23.0 Å². The van der Waals surface area contributed by atoms with Crippen molar-refractivity contribution in [2.24, 2.45) is 0 Å². The minimum absolute atomic E-state index is 0.109. The fourth-order valence-electron chi connectivity index (χ4n) is 3.59. The summed E-state index contributed by atoms with van der Waals surface area (Å²) in [5, 5.41) is 19.8. The summed E-state index contributed by atoms with van der Waals surface area (Å²) in [6.07, 6.45) is 3.19. The molecule has 1 aliphatic heterocycles. The van der Waals surface area contributed by atoms with E-state index in [-0.39, 0.29) is 41.0 Å². The van der Waals surface area contributed by atoms with Crippen LogP contribution in [-0.2, 0) is 4.74 Å². The van der Waals surface area contributed by atoms with Gasteiger partial charge in [-0.05, 0) is 49.6 Å². The number of nitriles is 1. The number of anilines is 1. The third-order valence-electron chi connectivity index (χ3n) is 5.61. The predicted molar refractivity (Wildman–Crippen MR) is 126 cm³/mol. The quantitative estimate of drug-likeness (QED) is 0.518. The van der Waals surface area contributed by atoms with E-state index in [0.717, 1.165) is 12.8 Å². The molecule has 2 fully saturated rings. The molecule has 0 radical (unpaired) electrons. The number of amides is 2. The van der Waals surface area contributed by atoms with E-state index in [1.807, 2.05) is 0 Å². The molecular weight excluding hydrogens is 472 g/mol. The highest BCUT2D eigenvalue weighted by Crippen LogP contribution is 2.28. The molecule has 2 aromatic heterocycles. The zero-order valence-corrected chi connectivity index (χ0v) is 19.5. The summed E-state index contributed by atoms with van der Waals surface area (Å²) in [5.41, 5.74) is 1.53. The van der Waals surface area contributed by atoms with Gasteiger partial charge in [0.15, 0.2) is 5.82 Å². The third kappa shape index (κ3) is 4.82. The van der Waals surface area contributed by atoms with Crippen molar-refractivity contribution in [1.82, 2.24) is 20.1 Å². The Balaban J connectivity index is 1.51. The lowest BCUT2D eigenvalue weighted by Gasteiger charge is -2.25. The van der Waals surface area contributed by atoms with Gasteiger partial charge in [0.2, 0.25) is 5.88 Å². The Labute approximate surface area is 205 Å². The Morgan fingerprint density at radius 2 is 2.06 bits per heavy atom. The average Bonchev–Trinajstić information content (AvgIpc) is 3.53. The Morgan fingerprint density at radius 3 is 2.71 bits per heavy atom. The predicted octanol–water partition coefficient (Wildman–Crippen LogP) is 3.02. The molecule has 2 amide bonds. The van der Waals surface area contributed by atoms with Gasteiger partial charge in [0.05, 0.1) is 41.1 Å². The van der Waals surface area contributed by atoms with Crippen LogP contribution in [0.4, 0.5) is 5.69 Å². The average molecular weight is 493 g/mol. The number of hydrogen-bond acceptors (Lipinski definition) is 7. The third-order valence-corrected chi connectivity index (χ3v) is 5.91. The summed E-state index contributed by atoms with van der Waals surface area (Å²) in [6, 6.07) is 10.0. The minimum Gasteiger partial charge on any atom is -0.468 e. The number of nitrogens with zero attached hydrogens (tertiary/aromatic N) is 4. The Morgan fingerprint density at radius 1 is 1.26 bits per heavy atom. The van der Waals surface area contributed by atoms with Crippen LogP contribution < -0.4 is 15.4 Å². The topological polar surface area (TPSA) is 131 Å². The highest BCUT2D eigenvalue weighted by molar-refractivity contribution is 6.32. The maximum atomic E-state index is 13.5. The number of nitrogens with one attached hydrogen (secondary N) is 2. The van der Waals surface area contributed by atoms with E-state index in [1.54, 1.807) is 25.1 Å². The summed E-state index contributed by atoms with van der Waals surface area (Å²) < 4.78 is 12.2. The number of hydrogen-bond donors (Lipinski definition) is 2. The molecule has 1 aliphatic carbocycles. The molecule has 178 valence electrons. The second-order valence-electron chi connectivity index (χ2n) is 8.40. The van der Waals surface area contributed by atoms with Crippen molar-refractivity contribution in [2.75, 3.05) is 18.5 Å². The number of carbonyl (C=O) groups excluding carboxylic acids is 2. The van der Waals surface area contributed by atoms with Gasteiger partial charge in [-0.15, -0.1) is 5.10 Å². The summed E-state index contributed by atoms with van der Waals surface area (Å²) >= 11 is 6.33. The van der Waals surface area contributed by atoms with Gasteiger partial charge in [-0.3, -0.25) is 9.59 Å². The fourth-order valence-corrected chi connectivity index (χ4v) is 3.79. The largest absolute Gasteiger partial charge is 0.468 e. The Hall–Kier alpha value is -3.94. The van der Waals surface area contributed by atoms with Crippen LogP contribution in [0.2, 0.25) is 5.02 Å². The van der Waals surface area contributed by atoms with Crippen LogP contribution in [0, 0.1) is 18.3 Å². The molecule has 1 aromatic carbocycles. The lowest BCUT2D eigenvalue weighted by molar-refractivity contribution is -0.0814. The molecule has 0 unspecified atom stereocenters. The van der Waals surface area contributed by atoms with Gasteiger partial charge in [0.25, 0.3) is 11.8 Å². The van der Waals surface area contributed by atoms with Crippen LogP contribution in [-0.4, -0.2) is 51.9 Å². The van der Waals surface area contributed by atoms with Crippen LogP contribution >= 0.6 is 11.6 Å². The van der Waals surface area contributed by atoms with Crippen molar-refractivity contribution in [3.05, 3.63) is 63.9 Å². The molecule has 3 aromatic rings. The van der Waals surface area contributed by atoms with Crippen LogP contribution in [0.25, 0.3) is 5.82 Å². The van der Waals surface area contributed by atoms with Crippen LogP contribution in [0.1, 0.15) is 44.8 Å². The van der Waals surface area contributed by atoms with Crippen LogP contribution in [0.5, 0.6) is 5.88 Å². The van der Waals surface area contributed by atoms with Crippen molar-refractivity contribution in [1.29, 1.82) is 5.26 Å². The smallest absolute Gasteiger partial charge is 0.274 e. The summed E-state index contributed by atoms with van der Waals surface area (Å²) in [4.78, 5) is 30.7. The van der Waals surface area contributed by atoms with E-state index in [9.17, 15) is 14.9 Å². The molecule has 10 nitrogen and oxygen atoms in total. The number of rotatable bonds is 7. The highest BCUT2D eigenvalue weighted by atomic mass is 35.5. The molecule has 0 atom stereocenters. The molecule has 2 N–H and O–H groups in total. The highest BCUT2D eigenvalue weighted by Gasteiger charge is 2.28. The SMILES string of the molecule is Cc1cc(C#N)cc(C(=O)NC2CC2)c1NC(=O)c1cc(OC2COC2)nn1-c1ncccc1Cl. The van der Waals surface area contributed by atoms with Gasteiger partial charge in [-0.2, -0.15) is 5.26 Å². The van der Waals surface area contributed by atoms with Crippen molar-refractivity contribution < 1.29 is 19.1 Å². The van der Waals surface area contributed by atoms with Crippen molar-refractivity contribution in [3.63, 3.8) is 0 Å². The molecule has 35 heavy (non-hydrogen) atoms. The summed E-state index contributed by atoms with van der Waals surface area (Å²) in [5.74, 6) is -0.429. The molecule has 2 aliphatic rings. The van der Waals surface area contributed by atoms with E-state index in [2.05, 4.69) is 26.8 Å². The number of pyridine rings is 1. The first-order valence-electron chi connectivity index (χ1n) is 11.0. The van der Waals surface area contributed by atoms with E-state index in [4.69, 9.17) is 21.1 Å².